The highest BCUT2D eigenvalue weighted by atomic mass is 15.3. The van der Waals surface area contributed by atoms with Gasteiger partial charge < -0.3 is 5.32 Å². The van der Waals surface area contributed by atoms with Gasteiger partial charge in [-0.25, -0.2) is 4.98 Å². The van der Waals surface area contributed by atoms with E-state index in [9.17, 15) is 0 Å². The first-order valence-corrected chi connectivity index (χ1v) is 9.39. The van der Waals surface area contributed by atoms with Gasteiger partial charge in [0.2, 0.25) is 0 Å². The maximum atomic E-state index is 4.40. The second-order valence-electron chi connectivity index (χ2n) is 7.36. The summed E-state index contributed by atoms with van der Waals surface area (Å²) in [4.78, 5) is 11.2. The first-order valence-electron chi connectivity index (χ1n) is 9.39. The molecule has 0 unspecified atom stereocenters. The van der Waals surface area contributed by atoms with Crippen LogP contribution in [-0.2, 0) is 13.1 Å². The van der Waals surface area contributed by atoms with Crippen LogP contribution in [0, 0.1) is 12.8 Å². The summed E-state index contributed by atoms with van der Waals surface area (Å²) < 4.78 is 1.75. The Morgan fingerprint density at radius 2 is 2.08 bits per heavy atom. The normalized spacial score (nSPS) is 18.3. The highest BCUT2D eigenvalue weighted by Gasteiger charge is 2.17. The second kappa shape index (κ2) is 7.41. The van der Waals surface area contributed by atoms with E-state index in [4.69, 9.17) is 0 Å². The van der Waals surface area contributed by atoms with Gasteiger partial charge in [-0.15, -0.1) is 0 Å². The Bertz CT molecular complexity index is 887. The number of hydrogen-bond acceptors (Lipinski definition) is 5. The van der Waals surface area contributed by atoms with Crippen molar-refractivity contribution in [1.29, 1.82) is 0 Å². The zero-order valence-electron chi connectivity index (χ0n) is 15.5. The SMILES string of the molecule is Cc1cc(NCc2ccccc2CN2CCC[C@H](C)C2)n2ncnc2n1. The molecule has 26 heavy (non-hydrogen) atoms. The maximum Gasteiger partial charge on any atom is 0.254 e. The van der Waals surface area contributed by atoms with Crippen LogP contribution in [0.15, 0.2) is 36.7 Å². The van der Waals surface area contributed by atoms with Crippen molar-refractivity contribution in [3.8, 4) is 0 Å². The number of hydrogen-bond donors (Lipinski definition) is 1. The zero-order chi connectivity index (χ0) is 17.9. The number of likely N-dealkylation sites (tertiary alicyclic amines) is 1. The topological polar surface area (TPSA) is 58.4 Å². The molecule has 6 nitrogen and oxygen atoms in total. The van der Waals surface area contributed by atoms with E-state index in [1.54, 1.807) is 10.8 Å². The summed E-state index contributed by atoms with van der Waals surface area (Å²) in [7, 11) is 0. The minimum absolute atomic E-state index is 0.628. The fourth-order valence-electron chi connectivity index (χ4n) is 3.80. The molecule has 1 aliphatic heterocycles. The lowest BCUT2D eigenvalue weighted by Crippen LogP contribution is -2.34. The van der Waals surface area contributed by atoms with Gasteiger partial charge in [0.15, 0.2) is 0 Å². The number of fused-ring (bicyclic) bond motifs is 1. The summed E-state index contributed by atoms with van der Waals surface area (Å²) in [5.41, 5.74) is 3.66. The number of piperidine rings is 1. The van der Waals surface area contributed by atoms with Gasteiger partial charge in [0.1, 0.15) is 12.1 Å². The third-order valence-corrected chi connectivity index (χ3v) is 5.09. The molecule has 1 atom stereocenters. The van der Waals surface area contributed by atoms with Crippen LogP contribution in [0.4, 0.5) is 5.82 Å². The molecular weight excluding hydrogens is 324 g/mol. The smallest absolute Gasteiger partial charge is 0.254 e. The fraction of sp³-hybridized carbons (Fsp3) is 0.450. The Hall–Kier alpha value is -2.47. The van der Waals surface area contributed by atoms with Gasteiger partial charge in [0, 0.05) is 31.4 Å². The predicted molar refractivity (Wildman–Crippen MR) is 103 cm³/mol. The van der Waals surface area contributed by atoms with Crippen molar-refractivity contribution in [3.63, 3.8) is 0 Å². The molecule has 0 bridgehead atoms. The van der Waals surface area contributed by atoms with Crippen LogP contribution < -0.4 is 5.32 Å². The molecule has 4 rings (SSSR count). The summed E-state index contributed by atoms with van der Waals surface area (Å²) >= 11 is 0. The number of benzene rings is 1. The largest absolute Gasteiger partial charge is 0.366 e. The van der Waals surface area contributed by atoms with Gasteiger partial charge in [-0.3, -0.25) is 4.90 Å². The lowest BCUT2D eigenvalue weighted by Gasteiger charge is -2.31. The third-order valence-electron chi connectivity index (χ3n) is 5.09. The summed E-state index contributed by atoms with van der Waals surface area (Å²) in [5, 5.41) is 7.79. The number of aromatic nitrogens is 4. The monoisotopic (exact) mass is 350 g/mol. The standard InChI is InChI=1S/C20H26N6/c1-15-6-5-9-25(12-15)13-18-8-4-3-7-17(18)11-21-19-10-16(2)24-20-22-14-23-26(19)20/h3-4,7-8,10,14-15,21H,5-6,9,11-13H2,1-2H3/t15-/m0/s1. The number of nitrogens with one attached hydrogen (secondary N) is 1. The van der Waals surface area contributed by atoms with E-state index in [1.807, 2.05) is 13.0 Å². The molecule has 0 radical (unpaired) electrons. The molecule has 1 saturated heterocycles. The molecular formula is C20H26N6. The quantitative estimate of drug-likeness (QED) is 0.765. The molecule has 2 aromatic heterocycles. The number of anilines is 1. The minimum Gasteiger partial charge on any atom is -0.366 e. The summed E-state index contributed by atoms with van der Waals surface area (Å²) in [6.07, 6.45) is 4.20. The molecule has 0 saturated carbocycles. The predicted octanol–water partition coefficient (Wildman–Crippen LogP) is 3.28. The highest BCUT2D eigenvalue weighted by molar-refractivity contribution is 5.45. The van der Waals surface area contributed by atoms with E-state index in [-0.39, 0.29) is 0 Å². The van der Waals surface area contributed by atoms with Crippen molar-refractivity contribution < 1.29 is 0 Å². The van der Waals surface area contributed by atoms with Crippen molar-refractivity contribution >= 4 is 11.6 Å². The zero-order valence-corrected chi connectivity index (χ0v) is 15.5. The van der Waals surface area contributed by atoms with Crippen molar-refractivity contribution in [3.05, 3.63) is 53.5 Å². The van der Waals surface area contributed by atoms with Crippen molar-refractivity contribution in [2.75, 3.05) is 18.4 Å². The van der Waals surface area contributed by atoms with E-state index in [2.05, 4.69) is 56.5 Å². The second-order valence-corrected chi connectivity index (χ2v) is 7.36. The van der Waals surface area contributed by atoms with Gasteiger partial charge in [0.25, 0.3) is 5.78 Å². The Kier molecular flexibility index (Phi) is 4.84. The van der Waals surface area contributed by atoms with Gasteiger partial charge in [-0.1, -0.05) is 31.2 Å². The Morgan fingerprint density at radius 3 is 2.92 bits per heavy atom. The molecule has 1 aliphatic rings. The van der Waals surface area contributed by atoms with Gasteiger partial charge in [0.05, 0.1) is 0 Å². The van der Waals surface area contributed by atoms with Crippen molar-refractivity contribution in [1.82, 2.24) is 24.5 Å². The van der Waals surface area contributed by atoms with Crippen LogP contribution in [0.2, 0.25) is 0 Å². The molecule has 3 heterocycles. The number of nitrogens with zero attached hydrogens (tertiary/aromatic N) is 5. The fourth-order valence-corrected chi connectivity index (χ4v) is 3.80. The number of aryl methyl sites for hydroxylation is 1. The van der Waals surface area contributed by atoms with E-state index in [0.29, 0.717) is 5.78 Å². The molecule has 1 fully saturated rings. The van der Waals surface area contributed by atoms with Crippen LogP contribution in [-0.4, -0.2) is 37.6 Å². The van der Waals surface area contributed by atoms with Crippen molar-refractivity contribution in [2.45, 2.75) is 39.8 Å². The lowest BCUT2D eigenvalue weighted by molar-refractivity contribution is 0.176. The van der Waals surface area contributed by atoms with E-state index in [0.717, 1.165) is 30.5 Å². The molecule has 6 heteroatoms. The molecule has 1 aromatic carbocycles. The lowest BCUT2D eigenvalue weighted by atomic mass is 9.99. The number of rotatable bonds is 5. The van der Waals surface area contributed by atoms with Crippen LogP contribution in [0.3, 0.4) is 0 Å². The average molecular weight is 350 g/mol. The van der Waals surface area contributed by atoms with Gasteiger partial charge in [-0.2, -0.15) is 14.6 Å². The first-order chi connectivity index (χ1) is 12.7. The summed E-state index contributed by atoms with van der Waals surface area (Å²) in [6, 6.07) is 10.7. The van der Waals surface area contributed by atoms with Gasteiger partial charge in [-0.05, 0) is 43.4 Å². The van der Waals surface area contributed by atoms with Crippen molar-refractivity contribution in [2.24, 2.45) is 5.92 Å². The summed E-state index contributed by atoms with van der Waals surface area (Å²) in [6.45, 7) is 8.52. The van der Waals surface area contributed by atoms with Crippen LogP contribution >= 0.6 is 0 Å². The highest BCUT2D eigenvalue weighted by Crippen LogP contribution is 2.20. The summed E-state index contributed by atoms with van der Waals surface area (Å²) in [5.74, 6) is 2.35. The van der Waals surface area contributed by atoms with E-state index >= 15 is 0 Å². The first kappa shape index (κ1) is 17.0. The minimum atomic E-state index is 0.628. The van der Waals surface area contributed by atoms with Crippen LogP contribution in [0.25, 0.3) is 5.78 Å². The average Bonchev–Trinajstić information content (AvgIpc) is 3.09. The van der Waals surface area contributed by atoms with Gasteiger partial charge >= 0.3 is 0 Å². The molecule has 1 N–H and O–H groups in total. The molecule has 136 valence electrons. The Labute approximate surface area is 154 Å². The Balaban J connectivity index is 1.50. The van der Waals surface area contributed by atoms with E-state index < -0.39 is 0 Å². The molecule has 0 amide bonds. The molecule has 0 aliphatic carbocycles. The Morgan fingerprint density at radius 1 is 1.23 bits per heavy atom. The third kappa shape index (κ3) is 3.70. The maximum absolute atomic E-state index is 4.40. The van der Waals surface area contributed by atoms with Crippen LogP contribution in [0.1, 0.15) is 36.6 Å². The van der Waals surface area contributed by atoms with E-state index in [1.165, 1.54) is 37.1 Å². The molecule has 0 spiro atoms. The van der Waals surface area contributed by atoms with Crippen LogP contribution in [0.5, 0.6) is 0 Å². The molecule has 3 aromatic rings.